The Bertz CT molecular complexity index is 790. The number of hydrogen-bond acceptors (Lipinski definition) is 4. The molecular weight excluding hydrogens is 330 g/mol. The first kappa shape index (κ1) is 14.4. The number of hydrogen-bond donors (Lipinski definition) is 1. The highest BCUT2D eigenvalue weighted by Crippen LogP contribution is 2.36. The van der Waals surface area contributed by atoms with Gasteiger partial charge in [-0.25, -0.2) is 0 Å². The third kappa shape index (κ3) is 2.60. The monoisotopic (exact) mass is 347 g/mol. The molecule has 0 saturated carbocycles. The molecule has 1 aliphatic rings. The molecule has 3 aromatic rings. The molecule has 1 aliphatic heterocycles. The van der Waals surface area contributed by atoms with Gasteiger partial charge >= 0.3 is 0 Å². The predicted octanol–water partition coefficient (Wildman–Crippen LogP) is 5.06. The normalized spacial score (nSPS) is 15.6. The summed E-state index contributed by atoms with van der Waals surface area (Å²) in [6.45, 7) is 3.23. The molecule has 1 saturated heterocycles. The summed E-state index contributed by atoms with van der Waals surface area (Å²) in [5, 5.41) is 4.24. The van der Waals surface area contributed by atoms with E-state index in [9.17, 15) is 0 Å². The van der Waals surface area contributed by atoms with Gasteiger partial charge < -0.3 is 9.55 Å². The summed E-state index contributed by atoms with van der Waals surface area (Å²) in [5.74, 6) is 0. The standard InChI is InChI=1S/C16H17N3S3/c20-16-17-14(12-5-3-9-21-12)15(13-6-4-10-22-13)19(16)11-18-7-1-2-8-18/h3-6,9-10H,1-2,7-8,11H2,(H,17,20). The third-order valence-corrected chi connectivity index (χ3v) is 6.13. The molecule has 0 unspecified atom stereocenters. The van der Waals surface area contributed by atoms with Crippen LogP contribution in [0.2, 0.25) is 0 Å². The van der Waals surface area contributed by atoms with Gasteiger partial charge in [0.25, 0.3) is 0 Å². The fourth-order valence-electron chi connectivity index (χ4n) is 3.00. The molecule has 114 valence electrons. The van der Waals surface area contributed by atoms with Gasteiger partial charge in [-0.1, -0.05) is 12.1 Å². The summed E-state index contributed by atoms with van der Waals surface area (Å²) in [6, 6.07) is 8.53. The van der Waals surface area contributed by atoms with Gasteiger partial charge in [-0.15, -0.1) is 22.7 Å². The van der Waals surface area contributed by atoms with E-state index in [1.807, 2.05) is 0 Å². The molecule has 6 heteroatoms. The molecule has 4 heterocycles. The molecule has 3 aromatic heterocycles. The zero-order valence-electron chi connectivity index (χ0n) is 12.1. The lowest BCUT2D eigenvalue weighted by molar-refractivity contribution is 0.270. The lowest BCUT2D eigenvalue weighted by Crippen LogP contribution is -2.23. The molecule has 1 fully saturated rings. The third-order valence-electron chi connectivity index (χ3n) is 4.05. The van der Waals surface area contributed by atoms with Crippen molar-refractivity contribution in [2.75, 3.05) is 13.1 Å². The van der Waals surface area contributed by atoms with Crippen LogP contribution in [-0.4, -0.2) is 27.5 Å². The predicted molar refractivity (Wildman–Crippen MR) is 97.0 cm³/mol. The van der Waals surface area contributed by atoms with E-state index in [1.165, 1.54) is 41.4 Å². The summed E-state index contributed by atoms with van der Waals surface area (Å²) in [4.78, 5) is 8.45. The van der Waals surface area contributed by atoms with E-state index in [0.29, 0.717) is 0 Å². The fraction of sp³-hybridized carbons (Fsp3) is 0.312. The van der Waals surface area contributed by atoms with Gasteiger partial charge in [0.2, 0.25) is 0 Å². The van der Waals surface area contributed by atoms with E-state index in [4.69, 9.17) is 12.2 Å². The number of rotatable bonds is 4. The quantitative estimate of drug-likeness (QED) is 0.667. The van der Waals surface area contributed by atoms with Crippen LogP contribution in [-0.2, 0) is 6.67 Å². The van der Waals surface area contributed by atoms with E-state index in [1.54, 1.807) is 22.7 Å². The molecular formula is C16H17N3S3. The number of aromatic nitrogens is 2. The number of aromatic amines is 1. The van der Waals surface area contributed by atoms with Crippen LogP contribution in [0.5, 0.6) is 0 Å². The van der Waals surface area contributed by atoms with Crippen LogP contribution in [0.1, 0.15) is 12.8 Å². The summed E-state index contributed by atoms with van der Waals surface area (Å²) < 4.78 is 3.08. The van der Waals surface area contributed by atoms with Crippen LogP contribution in [0, 0.1) is 4.77 Å². The van der Waals surface area contributed by atoms with Gasteiger partial charge in [0.05, 0.1) is 27.8 Å². The zero-order chi connectivity index (χ0) is 14.9. The van der Waals surface area contributed by atoms with Gasteiger partial charge in [-0.3, -0.25) is 4.90 Å². The second-order valence-electron chi connectivity index (χ2n) is 5.50. The van der Waals surface area contributed by atoms with Gasteiger partial charge in [0.1, 0.15) is 0 Å². The number of nitrogens with zero attached hydrogens (tertiary/aromatic N) is 2. The van der Waals surface area contributed by atoms with Crippen molar-refractivity contribution in [2.45, 2.75) is 19.5 Å². The van der Waals surface area contributed by atoms with Crippen molar-refractivity contribution in [3.05, 3.63) is 39.8 Å². The number of thiophene rings is 2. The van der Waals surface area contributed by atoms with Gasteiger partial charge in [-0.2, -0.15) is 0 Å². The average Bonchev–Trinajstić information content (AvgIpc) is 3.28. The lowest BCUT2D eigenvalue weighted by atomic mass is 10.2. The van der Waals surface area contributed by atoms with Crippen molar-refractivity contribution in [3.63, 3.8) is 0 Å². The minimum absolute atomic E-state index is 0.818. The van der Waals surface area contributed by atoms with E-state index < -0.39 is 0 Å². The minimum Gasteiger partial charge on any atom is -0.329 e. The maximum atomic E-state index is 5.63. The van der Waals surface area contributed by atoms with Crippen LogP contribution >= 0.6 is 34.9 Å². The minimum atomic E-state index is 0.818. The molecule has 3 nitrogen and oxygen atoms in total. The Morgan fingerprint density at radius 3 is 2.36 bits per heavy atom. The highest BCUT2D eigenvalue weighted by atomic mass is 32.1. The highest BCUT2D eigenvalue weighted by molar-refractivity contribution is 7.71. The number of nitrogens with one attached hydrogen (secondary N) is 1. The lowest BCUT2D eigenvalue weighted by Gasteiger charge is -2.17. The Hall–Kier alpha value is -1.21. The van der Waals surface area contributed by atoms with Crippen LogP contribution < -0.4 is 0 Å². The largest absolute Gasteiger partial charge is 0.329 e. The number of likely N-dealkylation sites (tertiary alicyclic amines) is 1. The van der Waals surface area contributed by atoms with Crippen molar-refractivity contribution in [1.82, 2.24) is 14.5 Å². The first-order valence-corrected chi connectivity index (χ1v) is 9.62. The first-order valence-electron chi connectivity index (χ1n) is 7.46. The molecule has 0 spiro atoms. The second-order valence-corrected chi connectivity index (χ2v) is 7.79. The van der Waals surface area contributed by atoms with Crippen molar-refractivity contribution in [3.8, 4) is 21.1 Å². The molecule has 1 N–H and O–H groups in total. The van der Waals surface area contributed by atoms with E-state index in [2.05, 4.69) is 49.5 Å². The Morgan fingerprint density at radius 1 is 1.05 bits per heavy atom. The van der Waals surface area contributed by atoms with Gasteiger partial charge in [0.15, 0.2) is 4.77 Å². The zero-order valence-corrected chi connectivity index (χ0v) is 14.6. The maximum Gasteiger partial charge on any atom is 0.179 e. The fourth-order valence-corrected chi connectivity index (χ4v) is 4.76. The summed E-state index contributed by atoms with van der Waals surface area (Å²) in [7, 11) is 0. The van der Waals surface area contributed by atoms with Crippen molar-refractivity contribution >= 4 is 34.9 Å². The van der Waals surface area contributed by atoms with Gasteiger partial charge in [-0.05, 0) is 61.0 Å². The Balaban J connectivity index is 1.84. The van der Waals surface area contributed by atoms with E-state index in [0.717, 1.165) is 17.1 Å². The molecule has 22 heavy (non-hydrogen) atoms. The SMILES string of the molecule is S=c1[nH]c(-c2cccs2)c(-c2cccs2)n1CN1CCCC1. The van der Waals surface area contributed by atoms with Crippen LogP contribution in [0.3, 0.4) is 0 Å². The molecule has 0 bridgehead atoms. The molecule has 0 aromatic carbocycles. The highest BCUT2D eigenvalue weighted by Gasteiger charge is 2.20. The van der Waals surface area contributed by atoms with E-state index >= 15 is 0 Å². The van der Waals surface area contributed by atoms with Gasteiger partial charge in [0, 0.05) is 0 Å². The smallest absolute Gasteiger partial charge is 0.179 e. The maximum absolute atomic E-state index is 5.63. The van der Waals surface area contributed by atoms with Crippen molar-refractivity contribution < 1.29 is 0 Å². The van der Waals surface area contributed by atoms with Crippen LogP contribution in [0.25, 0.3) is 21.1 Å². The number of H-pyrrole nitrogens is 1. The molecule has 0 radical (unpaired) electrons. The van der Waals surface area contributed by atoms with Crippen LogP contribution in [0.4, 0.5) is 0 Å². The first-order chi connectivity index (χ1) is 10.8. The van der Waals surface area contributed by atoms with E-state index in [-0.39, 0.29) is 0 Å². The summed E-state index contributed by atoms with van der Waals surface area (Å²) >= 11 is 9.16. The summed E-state index contributed by atoms with van der Waals surface area (Å²) in [5.41, 5.74) is 2.39. The Kier molecular flexibility index (Phi) is 4.00. The second kappa shape index (κ2) is 6.12. The molecule has 0 atom stereocenters. The molecule has 4 rings (SSSR count). The topological polar surface area (TPSA) is 24.0 Å². The Labute approximate surface area is 142 Å². The van der Waals surface area contributed by atoms with Crippen molar-refractivity contribution in [2.24, 2.45) is 0 Å². The average molecular weight is 348 g/mol. The number of imidazole rings is 1. The molecule has 0 aliphatic carbocycles. The summed E-state index contributed by atoms with van der Waals surface area (Å²) in [6.07, 6.45) is 2.59. The Morgan fingerprint density at radius 2 is 1.73 bits per heavy atom. The van der Waals surface area contributed by atoms with Crippen molar-refractivity contribution in [1.29, 1.82) is 0 Å². The molecule has 0 amide bonds. The van der Waals surface area contributed by atoms with Crippen LogP contribution in [0.15, 0.2) is 35.0 Å².